The van der Waals surface area contributed by atoms with Crippen LogP contribution < -0.4 is 0 Å². The fourth-order valence-corrected chi connectivity index (χ4v) is 3.90. The zero-order valence-electron chi connectivity index (χ0n) is 12.5. The SMILES string of the molecule is Oc1ccc(C2CCC(C3CCC(O)OC3)CC2)c(F)c1F. The average molecular weight is 312 g/mol. The summed E-state index contributed by atoms with van der Waals surface area (Å²) in [7, 11) is 0. The molecule has 0 radical (unpaired) electrons. The second-order valence-corrected chi connectivity index (χ2v) is 6.54. The molecule has 122 valence electrons. The Morgan fingerprint density at radius 1 is 0.909 bits per heavy atom. The molecule has 2 atom stereocenters. The fourth-order valence-electron chi connectivity index (χ4n) is 3.90. The number of ether oxygens (including phenoxy) is 1. The predicted molar refractivity (Wildman–Crippen MR) is 77.4 cm³/mol. The zero-order valence-corrected chi connectivity index (χ0v) is 12.5. The van der Waals surface area contributed by atoms with Crippen LogP contribution in [0.3, 0.4) is 0 Å². The molecular formula is C17H22F2O3. The number of halogens is 2. The molecule has 3 rings (SSSR count). The van der Waals surface area contributed by atoms with E-state index in [-0.39, 0.29) is 5.92 Å². The zero-order chi connectivity index (χ0) is 15.7. The highest BCUT2D eigenvalue weighted by atomic mass is 19.2. The van der Waals surface area contributed by atoms with Gasteiger partial charge in [-0.15, -0.1) is 0 Å². The topological polar surface area (TPSA) is 49.7 Å². The summed E-state index contributed by atoms with van der Waals surface area (Å²) in [6.07, 6.45) is 4.62. The van der Waals surface area contributed by atoms with Gasteiger partial charge in [-0.2, -0.15) is 4.39 Å². The highest BCUT2D eigenvalue weighted by molar-refractivity contribution is 5.32. The Morgan fingerprint density at radius 3 is 2.23 bits per heavy atom. The van der Waals surface area contributed by atoms with Crippen LogP contribution in [0.25, 0.3) is 0 Å². The highest BCUT2D eigenvalue weighted by Gasteiger charge is 2.32. The standard InChI is InChI=1S/C17H22F2O3/c18-16-13(6-7-14(20)17(16)19)11-3-1-10(2-4-11)12-5-8-15(21)22-9-12/h6-7,10-12,15,20-21H,1-5,8-9H2. The number of aliphatic hydroxyl groups excluding tert-OH is 1. The van der Waals surface area contributed by atoms with Gasteiger partial charge in [-0.05, 0) is 67.9 Å². The van der Waals surface area contributed by atoms with Gasteiger partial charge in [0.25, 0.3) is 0 Å². The molecule has 0 bridgehead atoms. The van der Waals surface area contributed by atoms with Crippen LogP contribution in [0.2, 0.25) is 0 Å². The molecule has 1 aliphatic carbocycles. The summed E-state index contributed by atoms with van der Waals surface area (Å²) in [4.78, 5) is 0. The molecule has 1 saturated carbocycles. The Labute approximate surface area is 128 Å². The summed E-state index contributed by atoms with van der Waals surface area (Å²) >= 11 is 0. The van der Waals surface area contributed by atoms with Crippen molar-refractivity contribution in [3.05, 3.63) is 29.3 Å². The van der Waals surface area contributed by atoms with Gasteiger partial charge in [0, 0.05) is 0 Å². The lowest BCUT2D eigenvalue weighted by Gasteiger charge is -2.37. The van der Waals surface area contributed by atoms with Gasteiger partial charge in [0.2, 0.25) is 5.82 Å². The van der Waals surface area contributed by atoms with E-state index in [4.69, 9.17) is 4.74 Å². The third-order valence-electron chi connectivity index (χ3n) is 5.26. The van der Waals surface area contributed by atoms with Crippen LogP contribution in [-0.2, 0) is 4.74 Å². The summed E-state index contributed by atoms with van der Waals surface area (Å²) < 4.78 is 32.8. The number of hydrogen-bond acceptors (Lipinski definition) is 3. The third-order valence-corrected chi connectivity index (χ3v) is 5.26. The van der Waals surface area contributed by atoms with Crippen molar-refractivity contribution >= 4 is 0 Å². The highest BCUT2D eigenvalue weighted by Crippen LogP contribution is 2.42. The largest absolute Gasteiger partial charge is 0.505 e. The van der Waals surface area contributed by atoms with Gasteiger partial charge < -0.3 is 14.9 Å². The first-order chi connectivity index (χ1) is 10.6. The Balaban J connectivity index is 1.61. The average Bonchev–Trinajstić information content (AvgIpc) is 2.54. The van der Waals surface area contributed by atoms with Crippen LogP contribution >= 0.6 is 0 Å². The summed E-state index contributed by atoms with van der Waals surface area (Å²) in [5.41, 5.74) is 0.379. The Kier molecular flexibility index (Phi) is 4.64. The minimum absolute atomic E-state index is 0.0152. The second-order valence-electron chi connectivity index (χ2n) is 6.54. The van der Waals surface area contributed by atoms with E-state index in [2.05, 4.69) is 0 Å². The molecule has 1 aromatic rings. The first-order valence-corrected chi connectivity index (χ1v) is 8.02. The molecule has 1 heterocycles. The Morgan fingerprint density at radius 2 is 1.59 bits per heavy atom. The maximum Gasteiger partial charge on any atom is 0.200 e. The van der Waals surface area contributed by atoms with Crippen molar-refractivity contribution in [2.24, 2.45) is 11.8 Å². The molecule has 0 spiro atoms. The van der Waals surface area contributed by atoms with Gasteiger partial charge in [-0.1, -0.05) is 6.07 Å². The van der Waals surface area contributed by atoms with E-state index >= 15 is 0 Å². The van der Waals surface area contributed by atoms with Crippen molar-refractivity contribution in [1.29, 1.82) is 0 Å². The monoisotopic (exact) mass is 312 g/mol. The maximum absolute atomic E-state index is 14.0. The Bertz CT molecular complexity index is 519. The van der Waals surface area contributed by atoms with Crippen molar-refractivity contribution in [2.45, 2.75) is 50.7 Å². The molecule has 3 nitrogen and oxygen atoms in total. The van der Waals surface area contributed by atoms with Crippen molar-refractivity contribution in [1.82, 2.24) is 0 Å². The number of phenols is 1. The van der Waals surface area contributed by atoms with Gasteiger partial charge in [0.15, 0.2) is 17.9 Å². The minimum Gasteiger partial charge on any atom is -0.505 e. The molecule has 0 aromatic heterocycles. The first-order valence-electron chi connectivity index (χ1n) is 8.02. The lowest BCUT2D eigenvalue weighted by atomic mass is 9.72. The van der Waals surface area contributed by atoms with E-state index in [1.54, 1.807) is 0 Å². The van der Waals surface area contributed by atoms with Gasteiger partial charge >= 0.3 is 0 Å². The molecule has 1 aromatic carbocycles. The summed E-state index contributed by atoms with van der Waals surface area (Å²) in [5, 5.41) is 18.6. The van der Waals surface area contributed by atoms with Crippen molar-refractivity contribution in [2.75, 3.05) is 6.61 Å². The summed E-state index contributed by atoms with van der Waals surface area (Å²) in [6, 6.07) is 2.73. The number of benzene rings is 1. The molecule has 1 aliphatic heterocycles. The third kappa shape index (κ3) is 3.10. The first kappa shape index (κ1) is 15.7. The van der Waals surface area contributed by atoms with Gasteiger partial charge in [0.1, 0.15) is 0 Å². The molecule has 2 aliphatic rings. The molecule has 0 amide bonds. The number of rotatable bonds is 2. The molecule has 5 heteroatoms. The molecule has 2 N–H and O–H groups in total. The number of aromatic hydroxyl groups is 1. The molecule has 22 heavy (non-hydrogen) atoms. The molecule has 2 fully saturated rings. The van der Waals surface area contributed by atoms with E-state index < -0.39 is 23.7 Å². The predicted octanol–water partition coefficient (Wildman–Crippen LogP) is 3.69. The van der Waals surface area contributed by atoms with E-state index in [0.717, 1.165) is 32.1 Å². The van der Waals surface area contributed by atoms with E-state index in [0.29, 0.717) is 30.4 Å². The quantitative estimate of drug-likeness (QED) is 0.875. The normalized spacial score (nSPS) is 32.9. The Hall–Kier alpha value is -1.20. The van der Waals surface area contributed by atoms with Gasteiger partial charge in [0.05, 0.1) is 6.61 Å². The van der Waals surface area contributed by atoms with E-state index in [9.17, 15) is 19.0 Å². The maximum atomic E-state index is 14.0. The number of hydrogen-bond donors (Lipinski definition) is 2. The van der Waals surface area contributed by atoms with Crippen LogP contribution in [0.1, 0.15) is 50.0 Å². The van der Waals surface area contributed by atoms with Gasteiger partial charge in [-0.3, -0.25) is 0 Å². The lowest BCUT2D eigenvalue weighted by Crippen LogP contribution is -2.32. The van der Waals surface area contributed by atoms with Crippen LogP contribution in [0.5, 0.6) is 5.75 Å². The van der Waals surface area contributed by atoms with Crippen molar-refractivity contribution in [3.63, 3.8) is 0 Å². The van der Waals surface area contributed by atoms with Crippen LogP contribution in [0, 0.1) is 23.5 Å². The second kappa shape index (κ2) is 6.50. The van der Waals surface area contributed by atoms with Gasteiger partial charge in [-0.25, -0.2) is 4.39 Å². The molecule has 1 saturated heterocycles. The van der Waals surface area contributed by atoms with E-state index in [1.165, 1.54) is 12.1 Å². The smallest absolute Gasteiger partial charge is 0.200 e. The van der Waals surface area contributed by atoms with E-state index in [1.807, 2.05) is 0 Å². The summed E-state index contributed by atoms with van der Waals surface area (Å²) in [5.74, 6) is -1.67. The number of aliphatic hydroxyl groups is 1. The lowest BCUT2D eigenvalue weighted by molar-refractivity contribution is -0.148. The minimum atomic E-state index is -1.14. The van der Waals surface area contributed by atoms with Crippen molar-refractivity contribution in [3.8, 4) is 5.75 Å². The fraction of sp³-hybridized carbons (Fsp3) is 0.647. The van der Waals surface area contributed by atoms with Crippen molar-refractivity contribution < 1.29 is 23.7 Å². The van der Waals surface area contributed by atoms with Crippen LogP contribution in [0.4, 0.5) is 8.78 Å². The van der Waals surface area contributed by atoms with Crippen LogP contribution in [0.15, 0.2) is 12.1 Å². The molecule has 2 unspecified atom stereocenters. The number of phenolic OH excluding ortho intramolecular Hbond substituents is 1. The molecular weight excluding hydrogens is 290 g/mol. The summed E-state index contributed by atoms with van der Waals surface area (Å²) in [6.45, 7) is 0.596. The van der Waals surface area contributed by atoms with Crippen LogP contribution in [-0.4, -0.2) is 23.1 Å².